The van der Waals surface area contributed by atoms with Gasteiger partial charge in [-0.25, -0.2) is 0 Å². The smallest absolute Gasteiger partial charge is 0.320 e. The Morgan fingerprint density at radius 3 is 2.95 bits per heavy atom. The van der Waals surface area contributed by atoms with Gasteiger partial charge in [0.1, 0.15) is 6.04 Å². The van der Waals surface area contributed by atoms with E-state index in [0.29, 0.717) is 13.0 Å². The first kappa shape index (κ1) is 15.0. The molecule has 1 aromatic carbocycles. The summed E-state index contributed by atoms with van der Waals surface area (Å²) >= 11 is 0. The molecule has 110 valence electrons. The molecule has 0 spiro atoms. The molecule has 4 heteroatoms. The predicted molar refractivity (Wildman–Crippen MR) is 79.6 cm³/mol. The van der Waals surface area contributed by atoms with Gasteiger partial charge in [-0.15, -0.1) is 0 Å². The number of hydrogen-bond donors (Lipinski definition) is 3. The Balaban J connectivity index is 2.02. The van der Waals surface area contributed by atoms with Crippen LogP contribution in [0.4, 0.5) is 0 Å². The molecule has 2 rings (SSSR count). The number of aliphatic carboxylic acids is 1. The van der Waals surface area contributed by atoms with Gasteiger partial charge in [-0.1, -0.05) is 30.7 Å². The van der Waals surface area contributed by atoms with Crippen LogP contribution in [0.1, 0.15) is 49.3 Å². The number of nitrogens with one attached hydrogen (secondary N) is 1. The molecule has 1 aliphatic carbocycles. The van der Waals surface area contributed by atoms with Crippen molar-refractivity contribution in [2.75, 3.05) is 6.54 Å². The lowest BCUT2D eigenvalue weighted by Gasteiger charge is -2.29. The van der Waals surface area contributed by atoms with Gasteiger partial charge >= 0.3 is 5.97 Å². The fourth-order valence-electron chi connectivity index (χ4n) is 2.94. The summed E-state index contributed by atoms with van der Waals surface area (Å²) in [5, 5.41) is 12.7. The summed E-state index contributed by atoms with van der Waals surface area (Å²) in [6.45, 7) is 0.624. The standard InChI is InChI=1S/C16H24N2O2/c17-11-4-3-9-15(16(19)20)18-14-10-5-7-12-6-1-2-8-13(12)14/h1-2,6,8,14-15,18H,3-5,7,9-11,17H2,(H,19,20)/t14?,15-/m0/s1. The van der Waals surface area contributed by atoms with Crippen LogP contribution >= 0.6 is 0 Å². The van der Waals surface area contributed by atoms with E-state index >= 15 is 0 Å². The quantitative estimate of drug-likeness (QED) is 0.668. The van der Waals surface area contributed by atoms with Crippen molar-refractivity contribution in [1.82, 2.24) is 5.32 Å². The number of carboxylic acid groups (broad SMARTS) is 1. The lowest BCUT2D eigenvalue weighted by atomic mass is 9.87. The van der Waals surface area contributed by atoms with E-state index in [1.54, 1.807) is 0 Å². The summed E-state index contributed by atoms with van der Waals surface area (Å²) in [6.07, 6.45) is 5.60. The van der Waals surface area contributed by atoms with Gasteiger partial charge in [0.25, 0.3) is 0 Å². The minimum absolute atomic E-state index is 0.166. The van der Waals surface area contributed by atoms with Gasteiger partial charge in [0.2, 0.25) is 0 Å². The van der Waals surface area contributed by atoms with E-state index < -0.39 is 12.0 Å². The molecule has 0 heterocycles. The van der Waals surface area contributed by atoms with Crippen LogP contribution in [-0.4, -0.2) is 23.7 Å². The van der Waals surface area contributed by atoms with Crippen LogP contribution in [0.2, 0.25) is 0 Å². The van der Waals surface area contributed by atoms with E-state index in [1.165, 1.54) is 11.1 Å². The maximum atomic E-state index is 11.4. The summed E-state index contributed by atoms with van der Waals surface area (Å²) in [4.78, 5) is 11.4. The molecule has 4 nitrogen and oxygen atoms in total. The third-order valence-corrected chi connectivity index (χ3v) is 4.02. The zero-order valence-electron chi connectivity index (χ0n) is 11.8. The van der Waals surface area contributed by atoms with Crippen LogP contribution in [-0.2, 0) is 11.2 Å². The van der Waals surface area contributed by atoms with Crippen molar-refractivity contribution in [2.45, 2.75) is 50.6 Å². The molecular weight excluding hydrogens is 252 g/mol. The summed E-state index contributed by atoms with van der Waals surface area (Å²) in [7, 11) is 0. The Labute approximate surface area is 120 Å². The minimum Gasteiger partial charge on any atom is -0.480 e. The highest BCUT2D eigenvalue weighted by molar-refractivity contribution is 5.73. The molecule has 0 bridgehead atoms. The van der Waals surface area contributed by atoms with Gasteiger partial charge in [0.15, 0.2) is 0 Å². The molecule has 1 aromatic rings. The normalized spacial score (nSPS) is 19.4. The van der Waals surface area contributed by atoms with Gasteiger partial charge < -0.3 is 10.8 Å². The zero-order chi connectivity index (χ0) is 14.4. The third-order valence-electron chi connectivity index (χ3n) is 4.02. The zero-order valence-corrected chi connectivity index (χ0v) is 11.8. The van der Waals surface area contributed by atoms with Crippen molar-refractivity contribution in [3.63, 3.8) is 0 Å². The molecule has 0 saturated heterocycles. The lowest BCUT2D eigenvalue weighted by Crippen LogP contribution is -2.40. The molecule has 0 fully saturated rings. The van der Waals surface area contributed by atoms with Gasteiger partial charge in [0, 0.05) is 6.04 Å². The second kappa shape index (κ2) is 7.41. The summed E-state index contributed by atoms with van der Waals surface area (Å²) in [5.74, 6) is -0.759. The van der Waals surface area contributed by atoms with Crippen LogP contribution in [0.5, 0.6) is 0 Å². The highest BCUT2D eigenvalue weighted by Gasteiger charge is 2.25. The summed E-state index contributed by atoms with van der Waals surface area (Å²) in [6, 6.07) is 8.04. The number of fused-ring (bicyclic) bond motifs is 1. The fourth-order valence-corrected chi connectivity index (χ4v) is 2.94. The monoisotopic (exact) mass is 276 g/mol. The molecule has 4 N–H and O–H groups in total. The van der Waals surface area contributed by atoms with Crippen LogP contribution in [0, 0.1) is 0 Å². The van der Waals surface area contributed by atoms with E-state index in [4.69, 9.17) is 5.73 Å². The van der Waals surface area contributed by atoms with Crippen molar-refractivity contribution < 1.29 is 9.90 Å². The Bertz CT molecular complexity index is 448. The molecular formula is C16H24N2O2. The second-order valence-corrected chi connectivity index (χ2v) is 5.49. The minimum atomic E-state index is -0.759. The van der Waals surface area contributed by atoms with Gasteiger partial charge in [-0.3, -0.25) is 10.1 Å². The Hall–Kier alpha value is -1.39. The van der Waals surface area contributed by atoms with Gasteiger partial charge in [-0.2, -0.15) is 0 Å². The number of carboxylic acids is 1. The molecule has 1 aliphatic rings. The average Bonchev–Trinajstić information content (AvgIpc) is 2.46. The predicted octanol–water partition coefficient (Wildman–Crippen LogP) is 2.24. The van der Waals surface area contributed by atoms with Gasteiger partial charge in [0.05, 0.1) is 0 Å². The van der Waals surface area contributed by atoms with Crippen LogP contribution in [0.3, 0.4) is 0 Å². The number of unbranched alkanes of at least 4 members (excludes halogenated alkanes) is 1. The van der Waals surface area contributed by atoms with Crippen molar-refractivity contribution in [3.8, 4) is 0 Å². The van der Waals surface area contributed by atoms with E-state index in [2.05, 4.69) is 23.5 Å². The molecule has 0 aliphatic heterocycles. The van der Waals surface area contributed by atoms with Crippen molar-refractivity contribution in [1.29, 1.82) is 0 Å². The molecule has 0 aromatic heterocycles. The number of carbonyl (C=O) groups is 1. The Kier molecular flexibility index (Phi) is 5.56. The first-order valence-corrected chi connectivity index (χ1v) is 7.49. The van der Waals surface area contributed by atoms with Crippen molar-refractivity contribution in [3.05, 3.63) is 35.4 Å². The largest absolute Gasteiger partial charge is 0.480 e. The summed E-state index contributed by atoms with van der Waals surface area (Å²) < 4.78 is 0. The Morgan fingerprint density at radius 1 is 1.40 bits per heavy atom. The Morgan fingerprint density at radius 2 is 2.20 bits per heavy atom. The molecule has 0 amide bonds. The fraction of sp³-hybridized carbons (Fsp3) is 0.562. The van der Waals surface area contributed by atoms with Crippen molar-refractivity contribution >= 4 is 5.97 Å². The average molecular weight is 276 g/mol. The van der Waals surface area contributed by atoms with Gasteiger partial charge in [-0.05, 0) is 49.8 Å². The van der Waals surface area contributed by atoms with E-state index in [1.807, 2.05) is 6.07 Å². The number of benzene rings is 1. The number of nitrogens with two attached hydrogens (primary N) is 1. The van der Waals surface area contributed by atoms with Crippen LogP contribution < -0.4 is 11.1 Å². The number of rotatable bonds is 7. The number of hydrogen-bond acceptors (Lipinski definition) is 3. The van der Waals surface area contributed by atoms with Crippen LogP contribution in [0.15, 0.2) is 24.3 Å². The van der Waals surface area contributed by atoms with Crippen LogP contribution in [0.25, 0.3) is 0 Å². The van der Waals surface area contributed by atoms with E-state index in [-0.39, 0.29) is 6.04 Å². The molecule has 1 unspecified atom stereocenters. The first-order chi connectivity index (χ1) is 9.72. The summed E-state index contributed by atoms with van der Waals surface area (Å²) in [5.41, 5.74) is 8.09. The third kappa shape index (κ3) is 3.81. The lowest BCUT2D eigenvalue weighted by molar-refractivity contribution is -0.140. The van der Waals surface area contributed by atoms with E-state index in [0.717, 1.165) is 32.1 Å². The van der Waals surface area contributed by atoms with E-state index in [9.17, 15) is 9.90 Å². The maximum Gasteiger partial charge on any atom is 0.320 e. The topological polar surface area (TPSA) is 75.3 Å². The molecule has 0 radical (unpaired) electrons. The molecule has 20 heavy (non-hydrogen) atoms. The highest BCUT2D eigenvalue weighted by Crippen LogP contribution is 2.30. The maximum absolute atomic E-state index is 11.4. The SMILES string of the molecule is NCCCC[C@H](NC1CCCc2ccccc21)C(=O)O. The van der Waals surface area contributed by atoms with Crippen molar-refractivity contribution in [2.24, 2.45) is 5.73 Å². The molecule has 0 saturated carbocycles. The second-order valence-electron chi connectivity index (χ2n) is 5.49. The highest BCUT2D eigenvalue weighted by atomic mass is 16.4. The molecule has 2 atom stereocenters. The number of aryl methyl sites for hydroxylation is 1. The first-order valence-electron chi connectivity index (χ1n) is 7.49.